The van der Waals surface area contributed by atoms with E-state index in [9.17, 15) is 9.59 Å². The monoisotopic (exact) mass is 333 g/mol. The lowest BCUT2D eigenvalue weighted by Crippen LogP contribution is -2.40. The van der Waals surface area contributed by atoms with Crippen molar-refractivity contribution < 1.29 is 4.74 Å². The second-order valence-electron chi connectivity index (χ2n) is 5.72. The molecule has 0 amide bonds. The molecule has 1 aromatic heterocycles. The molecule has 0 aliphatic rings. The summed E-state index contributed by atoms with van der Waals surface area (Å²) in [6, 6.07) is 7.70. The minimum atomic E-state index is -0.459. The first kappa shape index (κ1) is 17.7. The Morgan fingerprint density at radius 1 is 1.25 bits per heavy atom. The zero-order chi connectivity index (χ0) is 17.9. The predicted octanol–water partition coefficient (Wildman–Crippen LogP) is 0.202. The second kappa shape index (κ2) is 7.31. The normalized spacial score (nSPS) is 12.2. The number of aromatic nitrogens is 3. The fourth-order valence-electron chi connectivity index (χ4n) is 2.52. The first-order valence-corrected chi connectivity index (χ1v) is 7.54. The number of ether oxygens (including phenoxy) is 1. The number of para-hydroxylation sites is 1. The Hall–Kier alpha value is -2.61. The number of nitrogens with zero attached hydrogens (tertiary/aromatic N) is 4. The Balaban J connectivity index is 2.31. The van der Waals surface area contributed by atoms with E-state index in [2.05, 4.69) is 10.4 Å². The molecule has 0 saturated heterocycles. The van der Waals surface area contributed by atoms with Gasteiger partial charge in [0.2, 0.25) is 5.82 Å². The van der Waals surface area contributed by atoms with Gasteiger partial charge in [-0.05, 0) is 20.2 Å². The molecule has 0 aliphatic carbocycles. The van der Waals surface area contributed by atoms with E-state index in [4.69, 9.17) is 4.74 Å². The molecule has 1 atom stereocenters. The van der Waals surface area contributed by atoms with Crippen LogP contribution in [0.5, 0.6) is 5.75 Å². The van der Waals surface area contributed by atoms with Crippen LogP contribution < -0.4 is 21.3 Å². The average molecular weight is 333 g/mol. The van der Waals surface area contributed by atoms with Gasteiger partial charge in [-0.15, -0.1) is 5.10 Å². The summed E-state index contributed by atoms with van der Waals surface area (Å²) >= 11 is 0. The smallest absolute Gasteiger partial charge is 0.346 e. The van der Waals surface area contributed by atoms with Gasteiger partial charge < -0.3 is 15.0 Å². The molecule has 2 aromatic rings. The van der Waals surface area contributed by atoms with Crippen molar-refractivity contribution in [3.05, 3.63) is 50.7 Å². The average Bonchev–Trinajstić information content (AvgIpc) is 2.57. The van der Waals surface area contributed by atoms with Crippen molar-refractivity contribution in [1.82, 2.24) is 19.2 Å². The Labute approximate surface area is 140 Å². The topological polar surface area (TPSA) is 81.4 Å². The Kier molecular flexibility index (Phi) is 5.40. The fourth-order valence-corrected chi connectivity index (χ4v) is 2.52. The molecule has 2 rings (SSSR count). The molecule has 0 bridgehead atoms. The number of aryl methyl sites for hydroxylation is 1. The molecular formula is C16H23N5O3. The van der Waals surface area contributed by atoms with Gasteiger partial charge in [-0.2, -0.15) is 0 Å². The molecule has 1 aromatic carbocycles. The van der Waals surface area contributed by atoms with Crippen molar-refractivity contribution in [2.75, 3.05) is 33.1 Å². The van der Waals surface area contributed by atoms with Gasteiger partial charge in [0.05, 0.1) is 13.2 Å². The highest BCUT2D eigenvalue weighted by molar-refractivity contribution is 5.38. The molecule has 24 heavy (non-hydrogen) atoms. The van der Waals surface area contributed by atoms with Crippen LogP contribution in [-0.2, 0) is 14.1 Å². The Bertz CT molecular complexity index is 825. The van der Waals surface area contributed by atoms with E-state index in [1.165, 1.54) is 14.1 Å². The summed E-state index contributed by atoms with van der Waals surface area (Å²) in [4.78, 5) is 25.9. The molecule has 8 heteroatoms. The van der Waals surface area contributed by atoms with Crippen LogP contribution in [0.3, 0.4) is 0 Å². The van der Waals surface area contributed by atoms with E-state index in [1.807, 2.05) is 43.3 Å². The van der Waals surface area contributed by atoms with E-state index in [0.29, 0.717) is 6.54 Å². The van der Waals surface area contributed by atoms with E-state index in [1.54, 1.807) is 7.11 Å². The summed E-state index contributed by atoms with van der Waals surface area (Å²) in [6.45, 7) is 0.438. The molecule has 0 unspecified atom stereocenters. The van der Waals surface area contributed by atoms with E-state index >= 15 is 0 Å². The van der Waals surface area contributed by atoms with Crippen molar-refractivity contribution in [2.45, 2.75) is 6.04 Å². The molecule has 0 aliphatic heterocycles. The van der Waals surface area contributed by atoms with E-state index in [0.717, 1.165) is 20.6 Å². The van der Waals surface area contributed by atoms with Crippen molar-refractivity contribution >= 4 is 5.82 Å². The summed E-state index contributed by atoms with van der Waals surface area (Å²) < 4.78 is 7.59. The summed E-state index contributed by atoms with van der Waals surface area (Å²) in [5.41, 5.74) is 0.0919. The lowest BCUT2D eigenvalue weighted by Gasteiger charge is -2.26. The van der Waals surface area contributed by atoms with Gasteiger partial charge in [0.25, 0.3) is 5.56 Å². The standard InChI is InChI=1S/C16H23N5O3/c1-19(2)12(11-8-6-7-9-13(11)24-5)10-17-14-15(22)20(3)16(23)21(4)18-14/h6-9,12H,10H2,1-5H3,(H,17,18)/t12-/m1/s1. The van der Waals surface area contributed by atoms with Crippen LogP contribution in [0.4, 0.5) is 5.82 Å². The Morgan fingerprint density at radius 3 is 2.54 bits per heavy atom. The van der Waals surface area contributed by atoms with Crippen LogP contribution in [0.15, 0.2) is 33.9 Å². The van der Waals surface area contributed by atoms with Crippen LogP contribution >= 0.6 is 0 Å². The highest BCUT2D eigenvalue weighted by atomic mass is 16.5. The van der Waals surface area contributed by atoms with Crippen molar-refractivity contribution in [1.29, 1.82) is 0 Å². The zero-order valence-electron chi connectivity index (χ0n) is 14.6. The SMILES string of the molecule is COc1ccccc1[C@@H](CNc1nn(C)c(=O)n(C)c1=O)N(C)C. The molecule has 0 spiro atoms. The summed E-state index contributed by atoms with van der Waals surface area (Å²) in [5.74, 6) is 0.917. The number of hydrogen-bond donors (Lipinski definition) is 1. The fraction of sp³-hybridized carbons (Fsp3) is 0.438. The van der Waals surface area contributed by atoms with Gasteiger partial charge in [0.15, 0.2) is 0 Å². The third-order valence-corrected chi connectivity index (χ3v) is 3.91. The van der Waals surface area contributed by atoms with Gasteiger partial charge in [0, 0.05) is 26.2 Å². The molecule has 0 fully saturated rings. The minimum Gasteiger partial charge on any atom is -0.496 e. The maximum Gasteiger partial charge on any atom is 0.346 e. The number of benzene rings is 1. The second-order valence-corrected chi connectivity index (χ2v) is 5.72. The lowest BCUT2D eigenvalue weighted by atomic mass is 10.0. The summed E-state index contributed by atoms with van der Waals surface area (Å²) in [5, 5.41) is 7.06. The van der Waals surface area contributed by atoms with Crippen LogP contribution in [0.2, 0.25) is 0 Å². The first-order chi connectivity index (χ1) is 11.4. The van der Waals surface area contributed by atoms with Gasteiger partial charge >= 0.3 is 5.69 Å². The van der Waals surface area contributed by atoms with Gasteiger partial charge in [-0.1, -0.05) is 18.2 Å². The van der Waals surface area contributed by atoms with Crippen LogP contribution in [0, 0.1) is 0 Å². The van der Waals surface area contributed by atoms with Gasteiger partial charge in [-0.25, -0.2) is 9.48 Å². The lowest BCUT2D eigenvalue weighted by molar-refractivity contribution is 0.299. The molecular weight excluding hydrogens is 310 g/mol. The maximum absolute atomic E-state index is 12.2. The number of methoxy groups -OCH3 is 1. The van der Waals surface area contributed by atoms with Crippen molar-refractivity contribution in [3.8, 4) is 5.75 Å². The number of rotatable bonds is 6. The van der Waals surface area contributed by atoms with Gasteiger partial charge in [0.1, 0.15) is 5.75 Å². The number of nitrogens with one attached hydrogen (secondary N) is 1. The molecule has 8 nitrogen and oxygen atoms in total. The summed E-state index contributed by atoms with van der Waals surface area (Å²) in [7, 11) is 8.47. The molecule has 0 radical (unpaired) electrons. The van der Waals surface area contributed by atoms with Crippen LogP contribution in [-0.4, -0.2) is 47.0 Å². The van der Waals surface area contributed by atoms with E-state index < -0.39 is 11.2 Å². The van der Waals surface area contributed by atoms with Crippen LogP contribution in [0.25, 0.3) is 0 Å². The minimum absolute atomic E-state index is 0.0371. The Morgan fingerprint density at radius 2 is 1.92 bits per heavy atom. The third-order valence-electron chi connectivity index (χ3n) is 3.91. The number of likely N-dealkylation sites (N-methyl/N-ethyl adjacent to an activating group) is 1. The largest absolute Gasteiger partial charge is 0.496 e. The number of hydrogen-bond acceptors (Lipinski definition) is 6. The van der Waals surface area contributed by atoms with Crippen molar-refractivity contribution in [3.63, 3.8) is 0 Å². The number of anilines is 1. The molecule has 130 valence electrons. The molecule has 1 N–H and O–H groups in total. The molecule has 1 heterocycles. The van der Waals surface area contributed by atoms with Crippen LogP contribution in [0.1, 0.15) is 11.6 Å². The first-order valence-electron chi connectivity index (χ1n) is 7.54. The zero-order valence-corrected chi connectivity index (χ0v) is 14.6. The predicted molar refractivity (Wildman–Crippen MR) is 92.6 cm³/mol. The van der Waals surface area contributed by atoms with E-state index in [-0.39, 0.29) is 11.9 Å². The summed E-state index contributed by atoms with van der Waals surface area (Å²) in [6.07, 6.45) is 0. The quantitative estimate of drug-likeness (QED) is 0.813. The van der Waals surface area contributed by atoms with Crippen molar-refractivity contribution in [2.24, 2.45) is 14.1 Å². The highest BCUT2D eigenvalue weighted by Crippen LogP contribution is 2.27. The third kappa shape index (κ3) is 3.48. The molecule has 0 saturated carbocycles. The van der Waals surface area contributed by atoms with Gasteiger partial charge in [-0.3, -0.25) is 9.36 Å². The maximum atomic E-state index is 12.2. The highest BCUT2D eigenvalue weighted by Gasteiger charge is 2.19.